The van der Waals surface area contributed by atoms with Gasteiger partial charge in [0.2, 0.25) is 0 Å². The molecule has 35 heavy (non-hydrogen) atoms. The maximum atomic E-state index is 14.1. The molecule has 0 spiro atoms. The van der Waals surface area contributed by atoms with Gasteiger partial charge in [0.15, 0.2) is 11.6 Å². The third-order valence-electron chi connectivity index (χ3n) is 9.98. The standard InChI is InChI=1S/C33H44O2/c1-13-23-14-25(30(7,8)9)19(3)27-20(4)28-21(5)33(12)29(35)26(22(6)34)18(2)15-32(33,11)17-31(28,10)16-24(23)27/h14H,4,13,15-17H2,1-3,5-12H3. The lowest BCUT2D eigenvalue weighted by atomic mass is 9.42. The number of rotatable bonds is 2. The number of aryl methyl sites for hydroxylation is 1. The van der Waals surface area contributed by atoms with Gasteiger partial charge in [-0.15, -0.1) is 0 Å². The summed E-state index contributed by atoms with van der Waals surface area (Å²) in [6.07, 6.45) is 3.68. The van der Waals surface area contributed by atoms with E-state index in [1.165, 1.54) is 40.3 Å². The van der Waals surface area contributed by atoms with Gasteiger partial charge in [0.25, 0.3) is 0 Å². The van der Waals surface area contributed by atoms with Crippen molar-refractivity contribution in [3.05, 3.63) is 62.8 Å². The number of Topliss-reactive ketones (excluding diaryl/α,β-unsaturated/α-hetero) is 2. The van der Waals surface area contributed by atoms with Crippen LogP contribution in [0, 0.1) is 23.2 Å². The van der Waals surface area contributed by atoms with Crippen molar-refractivity contribution in [1.29, 1.82) is 0 Å². The van der Waals surface area contributed by atoms with Crippen molar-refractivity contribution in [2.45, 2.75) is 107 Å². The molecule has 188 valence electrons. The number of carbonyl (C=O) groups excluding carboxylic acids is 2. The molecule has 1 aromatic carbocycles. The van der Waals surface area contributed by atoms with Crippen LogP contribution in [0.2, 0.25) is 0 Å². The van der Waals surface area contributed by atoms with Crippen LogP contribution in [-0.4, -0.2) is 11.6 Å². The zero-order valence-corrected chi connectivity index (χ0v) is 23.9. The topological polar surface area (TPSA) is 34.1 Å². The first-order chi connectivity index (χ1) is 15.9. The summed E-state index contributed by atoms with van der Waals surface area (Å²) < 4.78 is 0. The number of ketones is 2. The van der Waals surface area contributed by atoms with Crippen LogP contribution in [0.4, 0.5) is 0 Å². The molecule has 3 unspecified atom stereocenters. The van der Waals surface area contributed by atoms with Crippen molar-refractivity contribution in [3.63, 3.8) is 0 Å². The maximum Gasteiger partial charge on any atom is 0.176 e. The number of benzene rings is 1. The summed E-state index contributed by atoms with van der Waals surface area (Å²) in [5.41, 5.74) is 10.8. The highest BCUT2D eigenvalue weighted by atomic mass is 16.1. The second-order valence-electron chi connectivity index (χ2n) is 13.5. The lowest BCUT2D eigenvalue weighted by Crippen LogP contribution is -2.56. The Morgan fingerprint density at radius 2 is 1.69 bits per heavy atom. The van der Waals surface area contributed by atoms with Crippen LogP contribution >= 0.6 is 0 Å². The van der Waals surface area contributed by atoms with E-state index in [1.807, 2.05) is 6.92 Å². The number of carbonyl (C=O) groups is 2. The molecule has 2 nitrogen and oxygen atoms in total. The second kappa shape index (κ2) is 7.64. The average Bonchev–Trinajstić information content (AvgIpc) is 2.69. The molecular weight excluding hydrogens is 428 g/mol. The smallest absolute Gasteiger partial charge is 0.176 e. The molecule has 0 saturated carbocycles. The fourth-order valence-corrected chi connectivity index (χ4v) is 8.40. The normalized spacial score (nSPS) is 30.8. The number of fused-ring (bicyclic) bond motifs is 3. The number of hydrogen-bond acceptors (Lipinski definition) is 2. The van der Waals surface area contributed by atoms with Crippen molar-refractivity contribution < 1.29 is 9.59 Å². The molecular formula is C33H44O2. The minimum absolute atomic E-state index is 0.0105. The van der Waals surface area contributed by atoms with Crippen molar-refractivity contribution in [2.75, 3.05) is 0 Å². The van der Waals surface area contributed by atoms with Gasteiger partial charge in [-0.25, -0.2) is 0 Å². The highest BCUT2D eigenvalue weighted by Crippen LogP contribution is 2.68. The van der Waals surface area contributed by atoms with E-state index in [0.717, 1.165) is 42.4 Å². The summed E-state index contributed by atoms with van der Waals surface area (Å²) in [4.78, 5) is 26.6. The summed E-state index contributed by atoms with van der Waals surface area (Å²) in [6, 6.07) is 2.44. The van der Waals surface area contributed by atoms with E-state index in [0.29, 0.717) is 5.57 Å². The van der Waals surface area contributed by atoms with E-state index < -0.39 is 5.41 Å². The van der Waals surface area contributed by atoms with Gasteiger partial charge in [0.1, 0.15) is 0 Å². The molecule has 2 heteroatoms. The Balaban J connectivity index is 2.05. The zero-order chi connectivity index (χ0) is 26.5. The predicted molar refractivity (Wildman–Crippen MR) is 147 cm³/mol. The van der Waals surface area contributed by atoms with Gasteiger partial charge in [0, 0.05) is 0 Å². The Labute approximate surface area is 213 Å². The molecule has 3 atom stereocenters. The van der Waals surface area contributed by atoms with Gasteiger partial charge in [-0.05, 0) is 116 Å². The highest BCUT2D eigenvalue weighted by molar-refractivity contribution is 6.23. The number of allylic oxidation sites excluding steroid dienone is 5. The summed E-state index contributed by atoms with van der Waals surface area (Å²) in [7, 11) is 0. The van der Waals surface area contributed by atoms with E-state index in [-0.39, 0.29) is 27.8 Å². The summed E-state index contributed by atoms with van der Waals surface area (Å²) in [6.45, 7) is 28.6. The molecule has 0 saturated heterocycles. The van der Waals surface area contributed by atoms with Crippen LogP contribution < -0.4 is 0 Å². The molecule has 3 aliphatic carbocycles. The molecule has 4 rings (SSSR count). The monoisotopic (exact) mass is 472 g/mol. The number of hydrogen-bond donors (Lipinski definition) is 0. The van der Waals surface area contributed by atoms with E-state index in [1.54, 1.807) is 0 Å². The summed E-state index contributed by atoms with van der Waals surface area (Å²) >= 11 is 0. The third-order valence-corrected chi connectivity index (χ3v) is 9.98. The van der Waals surface area contributed by atoms with Crippen LogP contribution in [0.1, 0.15) is 110 Å². The molecule has 3 aliphatic rings. The Bertz CT molecular complexity index is 1260. The minimum Gasteiger partial charge on any atom is -0.294 e. The van der Waals surface area contributed by atoms with Gasteiger partial charge in [-0.1, -0.05) is 65.3 Å². The Hall–Kier alpha value is -2.22. The molecule has 0 aliphatic heterocycles. The zero-order valence-electron chi connectivity index (χ0n) is 23.9. The highest BCUT2D eigenvalue weighted by Gasteiger charge is 2.62. The van der Waals surface area contributed by atoms with Crippen LogP contribution in [0.3, 0.4) is 0 Å². The lowest BCUT2D eigenvalue weighted by Gasteiger charge is -2.60. The lowest BCUT2D eigenvalue weighted by molar-refractivity contribution is -0.134. The Morgan fingerprint density at radius 3 is 2.20 bits per heavy atom. The second-order valence-corrected chi connectivity index (χ2v) is 13.5. The molecule has 0 aromatic heterocycles. The molecule has 0 fully saturated rings. The summed E-state index contributed by atoms with van der Waals surface area (Å²) in [5.74, 6) is -0.0933. The Kier molecular flexibility index (Phi) is 5.64. The molecule has 0 radical (unpaired) electrons. The van der Waals surface area contributed by atoms with Crippen molar-refractivity contribution in [1.82, 2.24) is 0 Å². The van der Waals surface area contributed by atoms with Crippen LogP contribution in [0.25, 0.3) is 5.57 Å². The van der Waals surface area contributed by atoms with E-state index >= 15 is 0 Å². The van der Waals surface area contributed by atoms with Gasteiger partial charge < -0.3 is 0 Å². The van der Waals surface area contributed by atoms with Crippen molar-refractivity contribution in [2.24, 2.45) is 16.2 Å². The SMILES string of the molecule is C=C1C2=C(C)C3(C)C(=O)C(C(C)=O)=C(C)CC3(C)CC2(C)Cc2c(CC)cc(C(C)(C)C)c(C)c21. The predicted octanol–water partition coefficient (Wildman–Crippen LogP) is 8.04. The largest absolute Gasteiger partial charge is 0.294 e. The summed E-state index contributed by atoms with van der Waals surface area (Å²) in [5, 5.41) is 0. The van der Waals surface area contributed by atoms with Crippen LogP contribution in [0.5, 0.6) is 0 Å². The first-order valence-corrected chi connectivity index (χ1v) is 13.3. The molecule has 0 heterocycles. The fourth-order valence-electron chi connectivity index (χ4n) is 8.40. The fraction of sp³-hybridized carbons (Fsp3) is 0.576. The first-order valence-electron chi connectivity index (χ1n) is 13.3. The molecule has 0 bridgehead atoms. The molecule has 1 aromatic rings. The van der Waals surface area contributed by atoms with Crippen LogP contribution in [-0.2, 0) is 27.8 Å². The van der Waals surface area contributed by atoms with E-state index in [9.17, 15) is 9.59 Å². The molecule has 0 amide bonds. The van der Waals surface area contributed by atoms with E-state index in [2.05, 4.69) is 68.4 Å². The van der Waals surface area contributed by atoms with Crippen LogP contribution in [0.15, 0.2) is 34.9 Å². The van der Waals surface area contributed by atoms with Gasteiger partial charge >= 0.3 is 0 Å². The van der Waals surface area contributed by atoms with Gasteiger partial charge in [0.05, 0.1) is 11.0 Å². The maximum absolute atomic E-state index is 14.1. The van der Waals surface area contributed by atoms with Crippen molar-refractivity contribution >= 4 is 17.1 Å². The first kappa shape index (κ1) is 25.9. The minimum atomic E-state index is -0.702. The van der Waals surface area contributed by atoms with E-state index in [4.69, 9.17) is 6.58 Å². The quantitative estimate of drug-likeness (QED) is 0.408. The van der Waals surface area contributed by atoms with Gasteiger partial charge in [-0.3, -0.25) is 9.59 Å². The third kappa shape index (κ3) is 3.27. The van der Waals surface area contributed by atoms with Crippen molar-refractivity contribution in [3.8, 4) is 0 Å². The Morgan fingerprint density at radius 1 is 1.09 bits per heavy atom. The average molecular weight is 473 g/mol. The van der Waals surface area contributed by atoms with Gasteiger partial charge in [-0.2, -0.15) is 0 Å². The molecule has 0 N–H and O–H groups in total.